The number of alkyl halides is 1. The highest BCUT2D eigenvalue weighted by molar-refractivity contribution is 14.1. The Labute approximate surface area is 211 Å². The molecule has 1 aliphatic carbocycles. The molecule has 0 spiro atoms. The molecule has 0 aromatic heterocycles. The first-order valence-electron chi connectivity index (χ1n) is 11.2. The van der Waals surface area contributed by atoms with Gasteiger partial charge in [-0.05, 0) is 30.4 Å². The minimum absolute atomic E-state index is 0.00816. The van der Waals surface area contributed by atoms with Gasteiger partial charge in [-0.3, -0.25) is 19.3 Å². The largest absolute Gasteiger partial charge is 0.462 e. The van der Waals surface area contributed by atoms with E-state index in [2.05, 4.69) is 27.9 Å². The van der Waals surface area contributed by atoms with Gasteiger partial charge in [0.05, 0.1) is 3.92 Å². The van der Waals surface area contributed by atoms with Crippen molar-refractivity contribution in [2.45, 2.75) is 48.9 Å². The second-order valence-corrected chi connectivity index (χ2v) is 10.2. The van der Waals surface area contributed by atoms with Crippen LogP contribution in [0.2, 0.25) is 0 Å². The SMILES string of the molecule is CC[C@]12OC(=O)[C@]3(C(=O)N/C=C\COC(C)=O)C[C@@H](CN(C(=O)OCc4ccccc4)[C@H]31)[C@@H]2I. The summed E-state index contributed by atoms with van der Waals surface area (Å²) in [4.78, 5) is 52.4. The van der Waals surface area contributed by atoms with E-state index in [0.29, 0.717) is 13.0 Å². The summed E-state index contributed by atoms with van der Waals surface area (Å²) < 4.78 is 16.3. The van der Waals surface area contributed by atoms with E-state index in [4.69, 9.17) is 14.2 Å². The normalized spacial score (nSPS) is 31.3. The Bertz CT molecular complexity index is 1020. The van der Waals surface area contributed by atoms with Crippen LogP contribution in [0.3, 0.4) is 0 Å². The Kier molecular flexibility index (Phi) is 6.88. The lowest BCUT2D eigenvalue weighted by atomic mass is 9.57. The zero-order valence-corrected chi connectivity index (χ0v) is 21.1. The van der Waals surface area contributed by atoms with Gasteiger partial charge in [0.2, 0.25) is 5.91 Å². The maximum absolute atomic E-state index is 13.4. The number of ether oxygens (including phenoxy) is 3. The van der Waals surface area contributed by atoms with Crippen LogP contribution in [-0.2, 0) is 35.2 Å². The van der Waals surface area contributed by atoms with Crippen LogP contribution in [0, 0.1) is 11.3 Å². The van der Waals surface area contributed by atoms with Crippen LogP contribution in [0.15, 0.2) is 42.6 Å². The number of fused-ring (bicyclic) bond motifs is 1. The third-order valence-corrected chi connectivity index (χ3v) is 8.97. The van der Waals surface area contributed by atoms with Crippen molar-refractivity contribution >= 4 is 46.5 Å². The number of carbonyl (C=O) groups is 4. The molecule has 1 aromatic carbocycles. The number of benzene rings is 1. The number of halogens is 1. The molecule has 4 fully saturated rings. The number of carbonyl (C=O) groups excluding carboxylic acids is 4. The molecule has 5 rings (SSSR count). The zero-order chi connectivity index (χ0) is 24.5. The standard InChI is InChI=1S/C24H27IN2O7/c1-3-24-18(25)17-12-23(21(30)34-24,20(29)26-10-7-11-32-15(2)28)19(24)27(13-17)22(31)33-14-16-8-5-4-6-9-16/h4-10,17-19H,3,11-14H2,1-2H3,(H,26,29)/b10-7-/t17-,18-,19+,23+,24+/m0/s1. The number of esters is 2. The van der Waals surface area contributed by atoms with Crippen molar-refractivity contribution in [2.75, 3.05) is 13.2 Å². The Morgan fingerprint density at radius 2 is 2.00 bits per heavy atom. The predicted octanol–water partition coefficient (Wildman–Crippen LogP) is 2.72. The van der Waals surface area contributed by atoms with E-state index in [1.165, 1.54) is 24.1 Å². The van der Waals surface area contributed by atoms with Crippen LogP contribution < -0.4 is 5.32 Å². The Balaban J connectivity index is 1.59. The highest BCUT2D eigenvalue weighted by Crippen LogP contribution is 2.62. The van der Waals surface area contributed by atoms with Gasteiger partial charge in [0.1, 0.15) is 24.9 Å². The zero-order valence-electron chi connectivity index (χ0n) is 19.0. The Morgan fingerprint density at radius 3 is 2.68 bits per heavy atom. The number of amides is 2. The summed E-state index contributed by atoms with van der Waals surface area (Å²) in [6.07, 6.45) is 3.00. The first kappa shape index (κ1) is 24.5. The van der Waals surface area contributed by atoms with Crippen LogP contribution in [0.4, 0.5) is 4.79 Å². The minimum Gasteiger partial charge on any atom is -0.462 e. The van der Waals surface area contributed by atoms with E-state index in [1.807, 2.05) is 37.3 Å². The number of nitrogens with zero attached hydrogens (tertiary/aromatic N) is 1. The maximum Gasteiger partial charge on any atom is 0.410 e. The molecule has 1 saturated carbocycles. The summed E-state index contributed by atoms with van der Waals surface area (Å²) in [5, 5.41) is 2.64. The van der Waals surface area contributed by atoms with Gasteiger partial charge in [-0.1, -0.05) is 59.8 Å². The first-order valence-corrected chi connectivity index (χ1v) is 12.4. The number of nitrogens with one attached hydrogen (secondary N) is 1. The molecule has 10 heteroatoms. The van der Waals surface area contributed by atoms with Gasteiger partial charge in [-0.2, -0.15) is 0 Å². The molecule has 2 amide bonds. The lowest BCUT2D eigenvalue weighted by Crippen LogP contribution is -2.75. The lowest BCUT2D eigenvalue weighted by Gasteiger charge is -2.57. The van der Waals surface area contributed by atoms with E-state index >= 15 is 0 Å². The predicted molar refractivity (Wildman–Crippen MR) is 128 cm³/mol. The summed E-state index contributed by atoms with van der Waals surface area (Å²) in [7, 11) is 0. The molecule has 0 radical (unpaired) electrons. The molecule has 1 N–H and O–H groups in total. The van der Waals surface area contributed by atoms with Crippen molar-refractivity contribution < 1.29 is 33.4 Å². The highest BCUT2D eigenvalue weighted by Gasteiger charge is 2.79. The second kappa shape index (κ2) is 9.55. The van der Waals surface area contributed by atoms with E-state index in [9.17, 15) is 19.2 Å². The Hall–Kier alpha value is -2.63. The van der Waals surface area contributed by atoms with Crippen molar-refractivity contribution in [3.63, 3.8) is 0 Å². The highest BCUT2D eigenvalue weighted by atomic mass is 127. The van der Waals surface area contributed by atoms with Crippen LogP contribution in [0.25, 0.3) is 0 Å². The monoisotopic (exact) mass is 582 g/mol. The van der Waals surface area contributed by atoms with E-state index < -0.39 is 41.0 Å². The molecule has 3 saturated heterocycles. The fourth-order valence-electron chi connectivity index (χ4n) is 5.44. The molecule has 4 bridgehead atoms. The van der Waals surface area contributed by atoms with E-state index in [1.54, 1.807) is 0 Å². The molecule has 4 aliphatic rings. The minimum atomic E-state index is -1.53. The molecule has 3 heterocycles. The number of hydrogen-bond donors (Lipinski definition) is 1. The van der Waals surface area contributed by atoms with Crippen LogP contribution in [0.1, 0.15) is 32.3 Å². The third kappa shape index (κ3) is 3.95. The summed E-state index contributed by atoms with van der Waals surface area (Å²) >= 11 is 2.29. The third-order valence-electron chi connectivity index (χ3n) is 6.90. The van der Waals surface area contributed by atoms with Gasteiger partial charge < -0.3 is 19.5 Å². The quantitative estimate of drug-likeness (QED) is 0.173. The van der Waals surface area contributed by atoms with Gasteiger partial charge in [-0.25, -0.2) is 4.79 Å². The smallest absolute Gasteiger partial charge is 0.410 e. The molecule has 182 valence electrons. The molecular weight excluding hydrogens is 555 g/mol. The number of rotatable bonds is 7. The van der Waals surface area contributed by atoms with Crippen LogP contribution in [0.5, 0.6) is 0 Å². The van der Waals surface area contributed by atoms with Crippen molar-refractivity contribution in [3.8, 4) is 0 Å². The average Bonchev–Trinajstić information content (AvgIpc) is 3.07. The van der Waals surface area contributed by atoms with Gasteiger partial charge in [0.25, 0.3) is 0 Å². The van der Waals surface area contributed by atoms with Crippen molar-refractivity contribution in [1.82, 2.24) is 10.2 Å². The van der Waals surface area contributed by atoms with Gasteiger partial charge in [0.15, 0.2) is 5.41 Å². The molecule has 5 atom stereocenters. The second-order valence-electron chi connectivity index (χ2n) is 8.81. The maximum atomic E-state index is 13.4. The summed E-state index contributed by atoms with van der Waals surface area (Å²) in [5.41, 5.74) is -1.66. The van der Waals surface area contributed by atoms with Gasteiger partial charge in [-0.15, -0.1) is 0 Å². The topological polar surface area (TPSA) is 111 Å². The molecule has 3 aliphatic heterocycles. The summed E-state index contributed by atoms with van der Waals surface area (Å²) in [5.74, 6) is -1.71. The van der Waals surface area contributed by atoms with Gasteiger partial charge >= 0.3 is 18.0 Å². The first-order chi connectivity index (χ1) is 16.3. The Morgan fingerprint density at radius 1 is 1.26 bits per heavy atom. The fourth-order valence-corrected chi connectivity index (χ4v) is 6.83. The molecule has 9 nitrogen and oxygen atoms in total. The summed E-state index contributed by atoms with van der Waals surface area (Å²) in [6, 6.07) is 8.54. The fraction of sp³-hybridized carbons (Fsp3) is 0.500. The lowest BCUT2D eigenvalue weighted by molar-refractivity contribution is -0.155. The number of piperidine rings is 2. The number of hydrogen-bond acceptors (Lipinski definition) is 7. The molecule has 0 unspecified atom stereocenters. The van der Waals surface area contributed by atoms with Crippen LogP contribution in [-0.4, -0.2) is 57.6 Å². The van der Waals surface area contributed by atoms with Crippen LogP contribution >= 0.6 is 22.6 Å². The molecule has 34 heavy (non-hydrogen) atoms. The van der Waals surface area contributed by atoms with E-state index in [-0.39, 0.29) is 29.5 Å². The molecule has 1 aromatic rings. The average molecular weight is 582 g/mol. The molecular formula is C24H27IN2O7. The van der Waals surface area contributed by atoms with Crippen molar-refractivity contribution in [3.05, 3.63) is 48.2 Å². The van der Waals surface area contributed by atoms with E-state index in [0.717, 1.165) is 5.56 Å². The van der Waals surface area contributed by atoms with Gasteiger partial charge in [0, 0.05) is 19.7 Å². The summed E-state index contributed by atoms with van der Waals surface area (Å²) in [6.45, 7) is 3.66. The van der Waals surface area contributed by atoms with Crippen molar-refractivity contribution in [1.29, 1.82) is 0 Å². The van der Waals surface area contributed by atoms with Crippen molar-refractivity contribution in [2.24, 2.45) is 11.3 Å².